The lowest BCUT2D eigenvalue weighted by atomic mass is 9.78. The fourth-order valence-corrected chi connectivity index (χ4v) is 3.35. The molecule has 3 N–H and O–H groups in total. The van der Waals surface area contributed by atoms with Gasteiger partial charge in [0.2, 0.25) is 0 Å². The van der Waals surface area contributed by atoms with Crippen LogP contribution in [-0.2, 0) is 25.4 Å². The molecule has 8 heteroatoms. The van der Waals surface area contributed by atoms with Crippen molar-refractivity contribution in [3.8, 4) is 0 Å². The number of rotatable bonds is 4. The second-order valence-electron chi connectivity index (χ2n) is 9.61. The van der Waals surface area contributed by atoms with Crippen LogP contribution in [0.25, 0.3) is 10.9 Å². The summed E-state index contributed by atoms with van der Waals surface area (Å²) in [5.74, 6) is -0.359. The zero-order chi connectivity index (χ0) is 21.8. The minimum atomic E-state index is -1.18. The van der Waals surface area contributed by atoms with Gasteiger partial charge in [-0.3, -0.25) is 4.79 Å². The number of carbonyl (C=O) groups excluding carboxylic acids is 1. The molecule has 0 bridgehead atoms. The summed E-state index contributed by atoms with van der Waals surface area (Å²) in [6.07, 6.45) is 0.513. The van der Waals surface area contributed by atoms with E-state index in [4.69, 9.17) is 19.8 Å². The Morgan fingerprint density at radius 1 is 1.24 bits per heavy atom. The molecular formula is C21H31BN2O5. The van der Waals surface area contributed by atoms with Gasteiger partial charge in [0.15, 0.2) is 0 Å². The molecule has 7 nitrogen and oxygen atoms in total. The molecule has 0 aliphatic carbocycles. The maximum absolute atomic E-state index is 12.3. The number of nitrogens with zero attached hydrogens (tertiary/aromatic N) is 1. The lowest BCUT2D eigenvalue weighted by Gasteiger charge is -2.32. The van der Waals surface area contributed by atoms with Crippen molar-refractivity contribution in [1.82, 2.24) is 4.57 Å². The number of carbonyl (C=O) groups is 1. The summed E-state index contributed by atoms with van der Waals surface area (Å²) >= 11 is 0. The lowest BCUT2D eigenvalue weighted by Crippen LogP contribution is -2.41. The van der Waals surface area contributed by atoms with Crippen LogP contribution in [0.15, 0.2) is 24.4 Å². The third kappa shape index (κ3) is 4.35. The van der Waals surface area contributed by atoms with Crippen LogP contribution in [-0.4, -0.2) is 39.6 Å². The molecule has 2 aromatic rings. The third-order valence-electron chi connectivity index (χ3n) is 5.50. The SMILES string of the molecule is CC(C)(C)OC(=O)Cn1cc(C(N)O)c2cc(B3OC(C)(C)C(C)(C)O3)ccc21. The van der Waals surface area contributed by atoms with Gasteiger partial charge in [-0.2, -0.15) is 0 Å². The first-order chi connectivity index (χ1) is 13.2. The molecule has 29 heavy (non-hydrogen) atoms. The smallest absolute Gasteiger partial charge is 0.459 e. The lowest BCUT2D eigenvalue weighted by molar-refractivity contribution is -0.155. The minimum absolute atomic E-state index is 0.0241. The molecule has 158 valence electrons. The van der Waals surface area contributed by atoms with Crippen LogP contribution in [0.2, 0.25) is 0 Å². The number of benzene rings is 1. The fraction of sp³-hybridized carbons (Fsp3) is 0.571. The van der Waals surface area contributed by atoms with E-state index in [1.54, 1.807) is 10.8 Å². The number of hydrogen-bond donors (Lipinski definition) is 2. The van der Waals surface area contributed by atoms with Crippen molar-refractivity contribution >= 4 is 29.5 Å². The molecule has 1 saturated heterocycles. The van der Waals surface area contributed by atoms with Crippen molar-refractivity contribution in [1.29, 1.82) is 0 Å². The number of aromatic nitrogens is 1. The minimum Gasteiger partial charge on any atom is -0.459 e. The van der Waals surface area contributed by atoms with Crippen molar-refractivity contribution in [3.05, 3.63) is 30.0 Å². The van der Waals surface area contributed by atoms with Crippen molar-refractivity contribution in [3.63, 3.8) is 0 Å². The summed E-state index contributed by atoms with van der Waals surface area (Å²) in [7, 11) is -0.527. The number of esters is 1. The molecule has 1 aromatic heterocycles. The Morgan fingerprint density at radius 2 is 1.83 bits per heavy atom. The van der Waals surface area contributed by atoms with E-state index in [1.807, 2.05) is 66.7 Å². The van der Waals surface area contributed by atoms with Gasteiger partial charge in [-0.05, 0) is 60.0 Å². The van der Waals surface area contributed by atoms with Crippen LogP contribution in [0.3, 0.4) is 0 Å². The van der Waals surface area contributed by atoms with E-state index in [0.717, 1.165) is 16.4 Å². The molecular weight excluding hydrogens is 371 g/mol. The Kier molecular flexibility index (Phi) is 5.37. The van der Waals surface area contributed by atoms with Gasteiger partial charge in [-0.1, -0.05) is 12.1 Å². The van der Waals surface area contributed by atoms with E-state index >= 15 is 0 Å². The molecule has 1 unspecified atom stereocenters. The quantitative estimate of drug-likeness (QED) is 0.463. The monoisotopic (exact) mass is 402 g/mol. The van der Waals surface area contributed by atoms with Gasteiger partial charge in [0.1, 0.15) is 18.4 Å². The fourth-order valence-electron chi connectivity index (χ4n) is 3.35. The first-order valence-corrected chi connectivity index (χ1v) is 9.84. The molecule has 1 fully saturated rings. The second-order valence-corrected chi connectivity index (χ2v) is 9.61. The Hall–Kier alpha value is -1.87. The Balaban J connectivity index is 1.97. The van der Waals surface area contributed by atoms with Gasteiger partial charge in [0, 0.05) is 22.7 Å². The van der Waals surface area contributed by atoms with Crippen molar-refractivity contribution in [2.75, 3.05) is 0 Å². The molecule has 1 aromatic carbocycles. The molecule has 1 aliphatic rings. The van der Waals surface area contributed by atoms with Gasteiger partial charge in [0.05, 0.1) is 11.2 Å². The Morgan fingerprint density at radius 3 is 2.34 bits per heavy atom. The summed E-state index contributed by atoms with van der Waals surface area (Å²) in [5, 5.41) is 10.8. The number of nitrogens with two attached hydrogens (primary N) is 1. The van der Waals surface area contributed by atoms with E-state index in [1.165, 1.54) is 0 Å². The number of aliphatic hydroxyl groups excluding tert-OH is 1. The predicted octanol–water partition coefficient (Wildman–Crippen LogP) is 2.23. The highest BCUT2D eigenvalue weighted by molar-refractivity contribution is 6.62. The summed E-state index contributed by atoms with van der Waals surface area (Å²) in [5.41, 5.74) is 6.43. The van der Waals surface area contributed by atoms with Crippen molar-refractivity contribution in [2.24, 2.45) is 5.73 Å². The zero-order valence-corrected chi connectivity index (χ0v) is 18.3. The average molecular weight is 402 g/mol. The predicted molar refractivity (Wildman–Crippen MR) is 113 cm³/mol. The summed E-state index contributed by atoms with van der Waals surface area (Å²) in [6, 6.07) is 5.68. The van der Waals surface area contributed by atoms with Gasteiger partial charge in [0.25, 0.3) is 0 Å². The number of fused-ring (bicyclic) bond motifs is 1. The summed E-state index contributed by atoms with van der Waals surface area (Å²) in [4.78, 5) is 12.3. The summed E-state index contributed by atoms with van der Waals surface area (Å²) < 4.78 is 19.4. The normalized spacial score (nSPS) is 19.6. The number of ether oxygens (including phenoxy) is 1. The second kappa shape index (κ2) is 7.13. The van der Waals surface area contributed by atoms with Crippen LogP contribution in [0.1, 0.15) is 60.3 Å². The molecule has 0 saturated carbocycles. The first kappa shape index (κ1) is 21.8. The molecule has 0 amide bonds. The molecule has 3 rings (SSSR count). The van der Waals surface area contributed by atoms with Gasteiger partial charge in [-0.15, -0.1) is 0 Å². The topological polar surface area (TPSA) is 95.9 Å². The van der Waals surface area contributed by atoms with E-state index in [-0.39, 0.29) is 12.5 Å². The first-order valence-electron chi connectivity index (χ1n) is 9.84. The zero-order valence-electron chi connectivity index (χ0n) is 18.3. The average Bonchev–Trinajstić information content (AvgIpc) is 3.00. The molecule has 0 radical (unpaired) electrons. The van der Waals surface area contributed by atoms with Crippen LogP contribution in [0.5, 0.6) is 0 Å². The maximum Gasteiger partial charge on any atom is 0.494 e. The highest BCUT2D eigenvalue weighted by Crippen LogP contribution is 2.37. The van der Waals surface area contributed by atoms with Gasteiger partial charge >= 0.3 is 13.1 Å². The standard InChI is InChI=1S/C21H31BN2O5/c1-19(2,3)27-17(25)12-24-11-15(18(23)26)14-10-13(8-9-16(14)24)22-28-20(4,5)21(6,7)29-22/h8-11,18,26H,12,23H2,1-7H3. The van der Waals surface area contributed by atoms with Crippen molar-refractivity contribution in [2.45, 2.75) is 78.0 Å². The van der Waals surface area contributed by atoms with E-state index in [9.17, 15) is 9.90 Å². The Labute approximate surface area is 172 Å². The van der Waals surface area contributed by atoms with Gasteiger partial charge in [-0.25, -0.2) is 0 Å². The highest BCUT2D eigenvalue weighted by atomic mass is 16.7. The van der Waals surface area contributed by atoms with Crippen LogP contribution in [0, 0.1) is 0 Å². The maximum atomic E-state index is 12.3. The van der Waals surface area contributed by atoms with Crippen LogP contribution < -0.4 is 11.2 Å². The van der Waals surface area contributed by atoms with E-state index in [0.29, 0.717) is 5.56 Å². The van der Waals surface area contributed by atoms with Crippen LogP contribution in [0.4, 0.5) is 0 Å². The largest absolute Gasteiger partial charge is 0.494 e. The molecule has 1 atom stereocenters. The molecule has 2 heterocycles. The van der Waals surface area contributed by atoms with E-state index in [2.05, 4.69) is 0 Å². The Bertz CT molecular complexity index is 911. The number of aliphatic hydroxyl groups is 1. The summed E-state index contributed by atoms with van der Waals surface area (Å²) in [6.45, 7) is 13.5. The van der Waals surface area contributed by atoms with E-state index < -0.39 is 30.1 Å². The van der Waals surface area contributed by atoms with Crippen molar-refractivity contribution < 1.29 is 23.9 Å². The molecule has 1 aliphatic heterocycles. The molecule has 0 spiro atoms. The number of hydrogen-bond acceptors (Lipinski definition) is 6. The highest BCUT2D eigenvalue weighted by Gasteiger charge is 2.51. The van der Waals surface area contributed by atoms with Crippen LogP contribution >= 0.6 is 0 Å². The third-order valence-corrected chi connectivity index (χ3v) is 5.50. The van der Waals surface area contributed by atoms with Gasteiger partial charge < -0.3 is 29.5 Å².